The van der Waals surface area contributed by atoms with Crippen LogP contribution in [0.15, 0.2) is 41.3 Å². The summed E-state index contributed by atoms with van der Waals surface area (Å²) in [5.41, 5.74) is 1.48. The fourth-order valence-electron chi connectivity index (χ4n) is 1.77. The third kappa shape index (κ3) is 2.88. The van der Waals surface area contributed by atoms with Gasteiger partial charge in [0, 0.05) is 31.4 Å². The fraction of sp³-hybridized carbons (Fsp3) is 0.214. The molecule has 5 heteroatoms. The van der Waals surface area contributed by atoms with Crippen LogP contribution in [0, 0.1) is 0 Å². The van der Waals surface area contributed by atoms with E-state index in [0.717, 1.165) is 11.3 Å². The molecule has 1 aromatic heterocycles. The van der Waals surface area contributed by atoms with Gasteiger partial charge >= 0.3 is 0 Å². The molecular formula is C14H16N2O3. The van der Waals surface area contributed by atoms with E-state index in [1.807, 2.05) is 12.1 Å². The van der Waals surface area contributed by atoms with E-state index >= 15 is 0 Å². The second-order valence-corrected chi connectivity index (χ2v) is 4.19. The van der Waals surface area contributed by atoms with Crippen molar-refractivity contribution in [3.05, 3.63) is 52.4 Å². The molecule has 100 valence electrons. The molecule has 0 atom stereocenters. The third-order valence-electron chi connectivity index (χ3n) is 2.87. The average molecular weight is 260 g/mol. The summed E-state index contributed by atoms with van der Waals surface area (Å²) >= 11 is 0. The number of phenols is 1. The number of hydrogen-bond acceptors (Lipinski definition) is 4. The molecule has 1 aromatic carbocycles. The lowest BCUT2D eigenvalue weighted by atomic mass is 10.2. The van der Waals surface area contributed by atoms with Gasteiger partial charge < -0.3 is 19.7 Å². The number of nitrogens with one attached hydrogen (secondary N) is 1. The lowest BCUT2D eigenvalue weighted by molar-refractivity contribution is 0.371. The predicted molar refractivity (Wildman–Crippen MR) is 73.7 cm³/mol. The zero-order valence-electron chi connectivity index (χ0n) is 10.9. The van der Waals surface area contributed by atoms with Crippen LogP contribution < -0.4 is 15.6 Å². The minimum Gasteiger partial charge on any atom is -0.504 e. The van der Waals surface area contributed by atoms with Crippen LogP contribution in [0.4, 0.5) is 5.69 Å². The number of aryl methyl sites for hydroxylation is 1. The highest BCUT2D eigenvalue weighted by molar-refractivity contribution is 5.48. The van der Waals surface area contributed by atoms with Crippen LogP contribution in [0.2, 0.25) is 0 Å². The van der Waals surface area contributed by atoms with Crippen molar-refractivity contribution in [2.45, 2.75) is 6.54 Å². The summed E-state index contributed by atoms with van der Waals surface area (Å²) in [5, 5.41) is 13.1. The maximum absolute atomic E-state index is 11.3. The molecule has 2 rings (SSSR count). The molecular weight excluding hydrogens is 244 g/mol. The first-order valence-corrected chi connectivity index (χ1v) is 5.87. The number of nitrogens with zero attached hydrogens (tertiary/aromatic N) is 1. The SMILES string of the molecule is COc1cccc(CNc2ccc(=O)n(C)c2)c1O. The number of para-hydroxylation sites is 1. The molecule has 0 fully saturated rings. The van der Waals surface area contributed by atoms with Crippen molar-refractivity contribution in [3.8, 4) is 11.5 Å². The van der Waals surface area contributed by atoms with Gasteiger partial charge in [-0.1, -0.05) is 12.1 Å². The number of aromatic nitrogens is 1. The Morgan fingerprint density at radius 2 is 2.11 bits per heavy atom. The van der Waals surface area contributed by atoms with Gasteiger partial charge in [-0.2, -0.15) is 0 Å². The zero-order chi connectivity index (χ0) is 13.8. The molecule has 0 amide bonds. The van der Waals surface area contributed by atoms with E-state index in [1.165, 1.54) is 17.7 Å². The van der Waals surface area contributed by atoms with E-state index in [2.05, 4.69) is 5.32 Å². The molecule has 0 saturated carbocycles. The Hall–Kier alpha value is -2.43. The van der Waals surface area contributed by atoms with Crippen LogP contribution in [-0.2, 0) is 13.6 Å². The Kier molecular flexibility index (Phi) is 3.75. The summed E-state index contributed by atoms with van der Waals surface area (Å²) in [6, 6.07) is 8.53. The van der Waals surface area contributed by atoms with Crippen LogP contribution in [0.25, 0.3) is 0 Å². The Bertz CT molecular complexity index is 635. The van der Waals surface area contributed by atoms with E-state index in [4.69, 9.17) is 4.74 Å². The average Bonchev–Trinajstić information content (AvgIpc) is 2.41. The van der Waals surface area contributed by atoms with Crippen LogP contribution in [0.3, 0.4) is 0 Å². The largest absolute Gasteiger partial charge is 0.504 e. The summed E-state index contributed by atoms with van der Waals surface area (Å²) in [6.07, 6.45) is 1.71. The Balaban J connectivity index is 2.14. The molecule has 1 heterocycles. The molecule has 0 radical (unpaired) electrons. The lowest BCUT2D eigenvalue weighted by Crippen LogP contribution is -2.15. The van der Waals surface area contributed by atoms with Crippen LogP contribution in [0.5, 0.6) is 11.5 Å². The predicted octanol–water partition coefficient (Wildman–Crippen LogP) is 1.71. The number of phenolic OH excluding ortho intramolecular Hbond substituents is 1. The number of anilines is 1. The molecule has 0 unspecified atom stereocenters. The van der Waals surface area contributed by atoms with Crippen molar-refractivity contribution in [3.63, 3.8) is 0 Å². The molecule has 0 spiro atoms. The summed E-state index contributed by atoms with van der Waals surface area (Å²) in [6.45, 7) is 0.446. The monoisotopic (exact) mass is 260 g/mol. The number of methoxy groups -OCH3 is 1. The number of benzene rings is 1. The number of hydrogen-bond donors (Lipinski definition) is 2. The Morgan fingerprint density at radius 1 is 1.32 bits per heavy atom. The number of aromatic hydroxyl groups is 1. The van der Waals surface area contributed by atoms with E-state index in [-0.39, 0.29) is 11.3 Å². The molecule has 0 saturated heterocycles. The van der Waals surface area contributed by atoms with E-state index in [9.17, 15) is 9.90 Å². The van der Waals surface area contributed by atoms with Crippen molar-refractivity contribution in [2.75, 3.05) is 12.4 Å². The summed E-state index contributed by atoms with van der Waals surface area (Å²) in [7, 11) is 3.20. The molecule has 5 nitrogen and oxygen atoms in total. The standard InChI is InChI=1S/C14H16N2O3/c1-16-9-11(6-7-13(16)17)15-8-10-4-3-5-12(19-2)14(10)18/h3-7,9,15,18H,8H2,1-2H3. The normalized spacial score (nSPS) is 10.2. The van der Waals surface area contributed by atoms with Crippen molar-refractivity contribution >= 4 is 5.69 Å². The first kappa shape index (κ1) is 13.0. The van der Waals surface area contributed by atoms with Crippen molar-refractivity contribution in [1.29, 1.82) is 0 Å². The minimum atomic E-state index is -0.0604. The van der Waals surface area contributed by atoms with E-state index in [1.54, 1.807) is 25.4 Å². The highest BCUT2D eigenvalue weighted by Crippen LogP contribution is 2.29. The van der Waals surface area contributed by atoms with Gasteiger partial charge in [-0.15, -0.1) is 0 Å². The molecule has 0 bridgehead atoms. The molecule has 0 aliphatic heterocycles. The first-order chi connectivity index (χ1) is 9.11. The third-order valence-corrected chi connectivity index (χ3v) is 2.87. The molecule has 2 aromatic rings. The van der Waals surface area contributed by atoms with Gasteiger partial charge in [0.2, 0.25) is 5.56 Å². The topological polar surface area (TPSA) is 63.5 Å². The van der Waals surface area contributed by atoms with Gasteiger partial charge in [-0.25, -0.2) is 0 Å². The smallest absolute Gasteiger partial charge is 0.250 e. The molecule has 2 N–H and O–H groups in total. The van der Waals surface area contributed by atoms with Gasteiger partial charge in [0.25, 0.3) is 0 Å². The summed E-state index contributed by atoms with van der Waals surface area (Å²) in [5.74, 6) is 0.571. The number of ether oxygens (including phenoxy) is 1. The van der Waals surface area contributed by atoms with Gasteiger partial charge in [0.05, 0.1) is 12.8 Å². The summed E-state index contributed by atoms with van der Waals surface area (Å²) < 4.78 is 6.54. The number of rotatable bonds is 4. The highest BCUT2D eigenvalue weighted by Gasteiger charge is 2.06. The maximum Gasteiger partial charge on any atom is 0.250 e. The second-order valence-electron chi connectivity index (χ2n) is 4.19. The maximum atomic E-state index is 11.3. The van der Waals surface area contributed by atoms with Crippen LogP contribution in [-0.4, -0.2) is 16.8 Å². The van der Waals surface area contributed by atoms with E-state index < -0.39 is 0 Å². The molecule has 19 heavy (non-hydrogen) atoms. The zero-order valence-corrected chi connectivity index (χ0v) is 10.9. The Morgan fingerprint density at radius 3 is 2.79 bits per heavy atom. The molecule has 0 aliphatic carbocycles. The molecule has 0 aliphatic rings. The number of pyridine rings is 1. The van der Waals surface area contributed by atoms with Gasteiger partial charge in [-0.3, -0.25) is 4.79 Å². The van der Waals surface area contributed by atoms with Gasteiger partial charge in [0.1, 0.15) is 0 Å². The second kappa shape index (κ2) is 5.48. The highest BCUT2D eigenvalue weighted by atomic mass is 16.5. The van der Waals surface area contributed by atoms with Crippen LogP contribution >= 0.6 is 0 Å². The minimum absolute atomic E-state index is 0.0604. The van der Waals surface area contributed by atoms with Crippen LogP contribution in [0.1, 0.15) is 5.56 Å². The Labute approximate surface area is 111 Å². The summed E-state index contributed by atoms with van der Waals surface area (Å²) in [4.78, 5) is 11.3. The van der Waals surface area contributed by atoms with Crippen molar-refractivity contribution in [1.82, 2.24) is 4.57 Å². The van der Waals surface area contributed by atoms with Gasteiger partial charge in [0.15, 0.2) is 11.5 Å². The van der Waals surface area contributed by atoms with Gasteiger partial charge in [-0.05, 0) is 12.1 Å². The van der Waals surface area contributed by atoms with Crippen molar-refractivity contribution < 1.29 is 9.84 Å². The van der Waals surface area contributed by atoms with E-state index in [0.29, 0.717) is 12.3 Å². The van der Waals surface area contributed by atoms with Crippen molar-refractivity contribution in [2.24, 2.45) is 7.05 Å². The fourth-order valence-corrected chi connectivity index (χ4v) is 1.77. The quantitative estimate of drug-likeness (QED) is 0.878. The first-order valence-electron chi connectivity index (χ1n) is 5.87. The lowest BCUT2D eigenvalue weighted by Gasteiger charge is -2.11.